The maximum Gasteiger partial charge on any atom is 0.325 e. The van der Waals surface area contributed by atoms with Crippen LogP contribution in [-0.4, -0.2) is 55.4 Å². The molecule has 0 amide bonds. The number of hydrogen-bond acceptors (Lipinski definition) is 5. The first-order valence-electron chi connectivity index (χ1n) is 8.59. The third-order valence-electron chi connectivity index (χ3n) is 3.68. The number of morpholine rings is 1. The van der Waals surface area contributed by atoms with Crippen molar-refractivity contribution in [1.29, 1.82) is 0 Å². The fourth-order valence-corrected chi connectivity index (χ4v) is 2.72. The van der Waals surface area contributed by atoms with Crippen LogP contribution in [0, 0.1) is 10.8 Å². The lowest BCUT2D eigenvalue weighted by atomic mass is 9.92. The number of hydrogen-bond donors (Lipinski definition) is 1. The summed E-state index contributed by atoms with van der Waals surface area (Å²) in [6, 6.07) is 0. The van der Waals surface area contributed by atoms with Crippen molar-refractivity contribution in [2.45, 2.75) is 66.5 Å². The molecule has 0 aromatic heterocycles. The Morgan fingerprint density at radius 2 is 1.78 bits per heavy atom. The van der Waals surface area contributed by atoms with Crippen LogP contribution in [0.15, 0.2) is 0 Å². The van der Waals surface area contributed by atoms with E-state index < -0.39 is 5.54 Å². The van der Waals surface area contributed by atoms with Gasteiger partial charge in [-0.3, -0.25) is 9.69 Å². The summed E-state index contributed by atoms with van der Waals surface area (Å²) in [7, 11) is 0. The van der Waals surface area contributed by atoms with Gasteiger partial charge >= 0.3 is 5.97 Å². The minimum absolute atomic E-state index is 0.0247. The average Bonchev–Trinajstić information content (AvgIpc) is 2.32. The Labute approximate surface area is 141 Å². The molecule has 0 saturated carbocycles. The Bertz CT molecular complexity index is 394. The van der Waals surface area contributed by atoms with Crippen molar-refractivity contribution >= 4 is 5.97 Å². The number of carbonyl (C=O) groups is 1. The van der Waals surface area contributed by atoms with E-state index in [0.717, 1.165) is 19.6 Å². The maximum atomic E-state index is 12.3. The normalized spacial score (nSPS) is 23.4. The molecule has 1 fully saturated rings. The quantitative estimate of drug-likeness (QED) is 0.785. The Morgan fingerprint density at radius 1 is 1.17 bits per heavy atom. The Kier molecular flexibility index (Phi) is 6.64. The van der Waals surface area contributed by atoms with Crippen molar-refractivity contribution in [2.75, 3.05) is 32.8 Å². The highest BCUT2D eigenvalue weighted by Crippen LogP contribution is 2.22. The van der Waals surface area contributed by atoms with Gasteiger partial charge < -0.3 is 15.2 Å². The van der Waals surface area contributed by atoms with Gasteiger partial charge in [0.2, 0.25) is 0 Å². The molecule has 0 radical (unpaired) electrons. The second kappa shape index (κ2) is 7.49. The molecule has 5 nitrogen and oxygen atoms in total. The summed E-state index contributed by atoms with van der Waals surface area (Å²) in [6.45, 7) is 18.4. The highest BCUT2D eigenvalue weighted by Gasteiger charge is 2.36. The smallest absolute Gasteiger partial charge is 0.325 e. The molecule has 0 aromatic carbocycles. The third kappa shape index (κ3) is 8.13. The van der Waals surface area contributed by atoms with Crippen LogP contribution in [0.5, 0.6) is 0 Å². The summed E-state index contributed by atoms with van der Waals surface area (Å²) in [4.78, 5) is 14.7. The van der Waals surface area contributed by atoms with Gasteiger partial charge in [-0.2, -0.15) is 0 Å². The summed E-state index contributed by atoms with van der Waals surface area (Å²) >= 11 is 0. The number of carbonyl (C=O) groups excluding carboxylic acids is 1. The fraction of sp³-hybridized carbons (Fsp3) is 0.944. The molecule has 2 N–H and O–H groups in total. The van der Waals surface area contributed by atoms with E-state index in [1.807, 2.05) is 20.8 Å². The summed E-state index contributed by atoms with van der Waals surface area (Å²) in [5.74, 6) is -0.344. The van der Waals surface area contributed by atoms with Crippen LogP contribution in [0.25, 0.3) is 0 Å². The molecule has 1 aliphatic rings. The van der Waals surface area contributed by atoms with Gasteiger partial charge in [-0.1, -0.05) is 41.5 Å². The molecule has 23 heavy (non-hydrogen) atoms. The highest BCUT2D eigenvalue weighted by molar-refractivity contribution is 5.80. The molecule has 1 rings (SSSR count). The number of esters is 1. The lowest BCUT2D eigenvalue weighted by Gasteiger charge is -2.38. The zero-order valence-corrected chi connectivity index (χ0v) is 16.1. The van der Waals surface area contributed by atoms with E-state index in [4.69, 9.17) is 15.2 Å². The second-order valence-corrected chi connectivity index (χ2v) is 9.55. The van der Waals surface area contributed by atoms with E-state index in [2.05, 4.69) is 25.7 Å². The highest BCUT2D eigenvalue weighted by atomic mass is 16.5. The molecule has 5 heteroatoms. The minimum Gasteiger partial charge on any atom is -0.464 e. The van der Waals surface area contributed by atoms with Crippen molar-refractivity contribution in [3.8, 4) is 0 Å². The monoisotopic (exact) mass is 328 g/mol. The molecule has 0 bridgehead atoms. The first-order chi connectivity index (χ1) is 10.3. The van der Waals surface area contributed by atoms with Crippen LogP contribution >= 0.6 is 0 Å². The van der Waals surface area contributed by atoms with Gasteiger partial charge in [0.05, 0.1) is 19.3 Å². The first kappa shape index (κ1) is 20.4. The van der Waals surface area contributed by atoms with Crippen molar-refractivity contribution in [2.24, 2.45) is 16.6 Å². The summed E-state index contributed by atoms with van der Waals surface area (Å²) < 4.78 is 11.2. The second-order valence-electron chi connectivity index (χ2n) is 9.55. The molecule has 0 aromatic rings. The van der Waals surface area contributed by atoms with E-state index in [9.17, 15) is 4.79 Å². The Hall–Kier alpha value is -0.650. The van der Waals surface area contributed by atoms with Crippen molar-refractivity contribution in [1.82, 2.24) is 4.90 Å². The summed E-state index contributed by atoms with van der Waals surface area (Å²) in [5, 5.41) is 0. The van der Waals surface area contributed by atoms with Crippen LogP contribution < -0.4 is 5.73 Å². The lowest BCUT2D eigenvalue weighted by molar-refractivity contribution is -0.154. The van der Waals surface area contributed by atoms with Gasteiger partial charge in [0.15, 0.2) is 0 Å². The maximum absolute atomic E-state index is 12.3. The number of nitrogens with zero attached hydrogens (tertiary/aromatic N) is 1. The predicted molar refractivity (Wildman–Crippen MR) is 93.3 cm³/mol. The van der Waals surface area contributed by atoms with E-state index in [1.165, 1.54) is 0 Å². The molecule has 2 unspecified atom stereocenters. The molecule has 0 aliphatic carbocycles. The molecule has 1 aliphatic heterocycles. The van der Waals surface area contributed by atoms with Crippen LogP contribution in [-0.2, 0) is 14.3 Å². The zero-order valence-electron chi connectivity index (χ0n) is 16.1. The summed E-state index contributed by atoms with van der Waals surface area (Å²) in [5.41, 5.74) is 5.40. The molecular weight excluding hydrogens is 292 g/mol. The largest absolute Gasteiger partial charge is 0.464 e. The zero-order chi connectivity index (χ0) is 17.9. The Balaban J connectivity index is 2.54. The third-order valence-corrected chi connectivity index (χ3v) is 3.68. The molecule has 2 atom stereocenters. The minimum atomic E-state index is -1.01. The molecule has 1 heterocycles. The topological polar surface area (TPSA) is 64.8 Å². The number of ether oxygens (including phenoxy) is 2. The van der Waals surface area contributed by atoms with Gasteiger partial charge in [0, 0.05) is 26.1 Å². The van der Waals surface area contributed by atoms with Gasteiger partial charge in [-0.15, -0.1) is 0 Å². The molecule has 0 spiro atoms. The van der Waals surface area contributed by atoms with Gasteiger partial charge in [0.25, 0.3) is 0 Å². The van der Waals surface area contributed by atoms with Gasteiger partial charge in [0.1, 0.15) is 5.54 Å². The van der Waals surface area contributed by atoms with Crippen LogP contribution in [0.2, 0.25) is 0 Å². The van der Waals surface area contributed by atoms with Gasteiger partial charge in [-0.25, -0.2) is 0 Å². The van der Waals surface area contributed by atoms with Crippen molar-refractivity contribution < 1.29 is 14.3 Å². The van der Waals surface area contributed by atoms with E-state index in [1.54, 1.807) is 6.92 Å². The van der Waals surface area contributed by atoms with Crippen LogP contribution in [0.4, 0.5) is 0 Å². The molecular formula is C18H36N2O3. The SMILES string of the molecule is CC(C)(C)COC(=O)C(C)(N)CC1CN(CC(C)(C)C)CCO1. The molecule has 136 valence electrons. The standard InChI is InChI=1S/C18H36N2O3/c1-16(2,3)12-20-8-9-22-14(11-20)10-18(7,19)15(21)23-13-17(4,5)6/h14H,8-13,19H2,1-7H3. The van der Waals surface area contributed by atoms with Crippen LogP contribution in [0.3, 0.4) is 0 Å². The average molecular weight is 328 g/mol. The van der Waals surface area contributed by atoms with Gasteiger partial charge in [-0.05, 0) is 17.8 Å². The number of nitrogens with two attached hydrogens (primary N) is 1. The number of rotatable bonds is 5. The predicted octanol–water partition coefficient (Wildman–Crippen LogP) is 2.43. The first-order valence-corrected chi connectivity index (χ1v) is 8.59. The van der Waals surface area contributed by atoms with Crippen LogP contribution in [0.1, 0.15) is 54.9 Å². The fourth-order valence-electron chi connectivity index (χ4n) is 2.72. The van der Waals surface area contributed by atoms with E-state index >= 15 is 0 Å². The van der Waals surface area contributed by atoms with Crippen molar-refractivity contribution in [3.63, 3.8) is 0 Å². The lowest BCUT2D eigenvalue weighted by Crippen LogP contribution is -2.53. The molecule has 1 saturated heterocycles. The van der Waals surface area contributed by atoms with Crippen molar-refractivity contribution in [3.05, 3.63) is 0 Å². The van der Waals surface area contributed by atoms with E-state index in [-0.39, 0.29) is 22.9 Å². The Morgan fingerprint density at radius 3 is 2.30 bits per heavy atom. The summed E-state index contributed by atoms with van der Waals surface area (Å²) in [6.07, 6.45) is 0.458. The van der Waals surface area contributed by atoms with E-state index in [0.29, 0.717) is 19.6 Å².